The number of rotatable bonds is 7. The summed E-state index contributed by atoms with van der Waals surface area (Å²) >= 11 is 6.10. The zero-order valence-electron chi connectivity index (χ0n) is 17.8. The van der Waals surface area contributed by atoms with Crippen LogP contribution >= 0.6 is 11.6 Å². The van der Waals surface area contributed by atoms with E-state index in [9.17, 15) is 18.0 Å². The lowest BCUT2D eigenvalue weighted by molar-refractivity contribution is -0.126. The quantitative estimate of drug-likeness (QED) is 0.648. The van der Waals surface area contributed by atoms with Crippen LogP contribution in [0.2, 0.25) is 5.02 Å². The van der Waals surface area contributed by atoms with Gasteiger partial charge in [0.2, 0.25) is 5.91 Å². The Morgan fingerprint density at radius 3 is 2.22 bits per heavy atom. The molecule has 0 saturated carbocycles. The van der Waals surface area contributed by atoms with Crippen molar-refractivity contribution in [3.05, 3.63) is 52.6 Å². The van der Waals surface area contributed by atoms with E-state index >= 15 is 0 Å². The van der Waals surface area contributed by atoms with Crippen molar-refractivity contribution in [1.29, 1.82) is 0 Å². The highest BCUT2D eigenvalue weighted by Crippen LogP contribution is 2.37. The van der Waals surface area contributed by atoms with Gasteiger partial charge in [0.05, 0.1) is 32.0 Å². The predicted octanol–water partition coefficient (Wildman–Crippen LogP) is 2.91. The van der Waals surface area contributed by atoms with E-state index in [-0.39, 0.29) is 26.9 Å². The van der Waals surface area contributed by atoms with E-state index in [2.05, 4.69) is 5.32 Å². The van der Waals surface area contributed by atoms with Gasteiger partial charge in [-0.3, -0.25) is 9.59 Å². The minimum absolute atomic E-state index is 0.0213. The lowest BCUT2D eigenvalue weighted by Crippen LogP contribution is -2.38. The van der Waals surface area contributed by atoms with Gasteiger partial charge in [-0.25, -0.2) is 12.7 Å². The highest BCUT2D eigenvalue weighted by atomic mass is 35.5. The first kappa shape index (κ1) is 23.4. The molecule has 0 saturated heterocycles. The van der Waals surface area contributed by atoms with Gasteiger partial charge in [0.1, 0.15) is 28.7 Å². The van der Waals surface area contributed by atoms with Gasteiger partial charge in [-0.05, 0) is 42.8 Å². The third kappa shape index (κ3) is 4.23. The maximum atomic E-state index is 13.1. The van der Waals surface area contributed by atoms with Gasteiger partial charge in [-0.2, -0.15) is 0 Å². The molecule has 11 heteroatoms. The Labute approximate surface area is 190 Å². The average molecular weight is 481 g/mol. The number of hydrogen-bond acceptors (Lipinski definition) is 7. The third-order valence-corrected chi connectivity index (χ3v) is 7.05. The summed E-state index contributed by atoms with van der Waals surface area (Å²) < 4.78 is 42.1. The number of nitrogens with one attached hydrogen (secondary N) is 1. The summed E-state index contributed by atoms with van der Waals surface area (Å²) in [6.45, 7) is 0.689. The molecule has 0 fully saturated rings. The van der Waals surface area contributed by atoms with Crippen molar-refractivity contribution in [1.82, 2.24) is 4.31 Å². The maximum Gasteiger partial charge on any atom is 0.268 e. The van der Waals surface area contributed by atoms with Crippen molar-refractivity contribution >= 4 is 44.0 Å². The average Bonchev–Trinajstić information content (AvgIpc) is 2.93. The summed E-state index contributed by atoms with van der Waals surface area (Å²) in [7, 11) is 0.0697. The lowest BCUT2D eigenvalue weighted by atomic mass is 10.1. The molecule has 1 aliphatic heterocycles. The first-order chi connectivity index (χ1) is 15.1. The number of anilines is 1. The molecule has 1 aliphatic rings. The number of carbonyl (C=O) groups excluding carboxylic acids is 2. The van der Waals surface area contributed by atoms with Crippen molar-refractivity contribution in [2.45, 2.75) is 6.92 Å². The van der Waals surface area contributed by atoms with E-state index in [1.807, 2.05) is 0 Å². The van der Waals surface area contributed by atoms with Gasteiger partial charge in [-0.15, -0.1) is 0 Å². The molecule has 0 radical (unpaired) electrons. The molecule has 2 aromatic carbocycles. The highest BCUT2D eigenvalue weighted by Gasteiger charge is 2.43. The number of carbonyl (C=O) groups is 2. The topological polar surface area (TPSA) is 111 Å². The fourth-order valence-electron chi connectivity index (χ4n) is 3.24. The molecule has 0 unspecified atom stereocenters. The summed E-state index contributed by atoms with van der Waals surface area (Å²) in [5.74, 6) is -0.390. The molecule has 0 aliphatic carbocycles. The molecule has 1 N–H and O–H groups in total. The molecule has 3 rings (SSSR count). The second kappa shape index (κ2) is 9.09. The largest absolute Gasteiger partial charge is 0.497 e. The van der Waals surface area contributed by atoms with Crippen LogP contribution in [0.25, 0.3) is 4.91 Å². The second-order valence-electron chi connectivity index (χ2n) is 6.73. The maximum absolute atomic E-state index is 13.1. The number of benzene rings is 2. The second-order valence-corrected chi connectivity index (χ2v) is 8.94. The van der Waals surface area contributed by atoms with E-state index < -0.39 is 28.4 Å². The predicted molar refractivity (Wildman–Crippen MR) is 119 cm³/mol. The van der Waals surface area contributed by atoms with Crippen molar-refractivity contribution in [2.24, 2.45) is 0 Å². The highest BCUT2D eigenvalue weighted by molar-refractivity contribution is 7.99. The molecule has 1 heterocycles. The van der Waals surface area contributed by atoms with E-state index in [0.717, 1.165) is 0 Å². The number of hydrogen-bond donors (Lipinski definition) is 1. The molecule has 2 aromatic rings. The minimum Gasteiger partial charge on any atom is -0.497 e. The Kier molecular flexibility index (Phi) is 6.65. The van der Waals surface area contributed by atoms with Gasteiger partial charge in [0, 0.05) is 11.6 Å². The van der Waals surface area contributed by atoms with Crippen LogP contribution in [0, 0.1) is 0 Å². The van der Waals surface area contributed by atoms with Crippen LogP contribution < -0.4 is 19.5 Å². The summed E-state index contributed by atoms with van der Waals surface area (Å²) in [5.41, 5.74) is 0.545. The van der Waals surface area contributed by atoms with Gasteiger partial charge in [0.25, 0.3) is 15.9 Å². The van der Waals surface area contributed by atoms with Crippen molar-refractivity contribution in [3.8, 4) is 17.2 Å². The monoisotopic (exact) mass is 480 g/mol. The third-order valence-electron chi connectivity index (χ3n) is 4.82. The van der Waals surface area contributed by atoms with Crippen LogP contribution in [0.15, 0.2) is 42.0 Å². The Morgan fingerprint density at radius 1 is 1.03 bits per heavy atom. The Bertz CT molecular complexity index is 1210. The van der Waals surface area contributed by atoms with E-state index in [1.54, 1.807) is 12.1 Å². The van der Waals surface area contributed by atoms with E-state index in [4.69, 9.17) is 25.8 Å². The first-order valence-electron chi connectivity index (χ1n) is 9.27. The normalized spacial score (nSPS) is 15.0. The molecule has 2 amide bonds. The van der Waals surface area contributed by atoms with Crippen LogP contribution in [-0.2, 0) is 19.6 Å². The number of nitrogens with zero attached hydrogens (tertiary/aromatic N) is 1. The standard InChI is InChI=1S/C21H21ClN2O7S/c1-12-20(13-5-7-14(29-2)8-6-13)32(27,28)24(21(12)26)11-19(25)23-16-9-15(22)17(30-3)10-18(16)31-4/h5-10H,11H2,1-4H3,(H,23,25). The minimum atomic E-state index is -4.24. The van der Waals surface area contributed by atoms with Gasteiger partial charge in [-0.1, -0.05) is 11.6 Å². The zero-order valence-corrected chi connectivity index (χ0v) is 19.3. The molecule has 0 aromatic heterocycles. The number of halogens is 1. The smallest absolute Gasteiger partial charge is 0.268 e. The van der Waals surface area contributed by atoms with Crippen LogP contribution in [-0.4, -0.2) is 52.4 Å². The van der Waals surface area contributed by atoms with E-state index in [1.165, 1.54) is 52.5 Å². The van der Waals surface area contributed by atoms with Gasteiger partial charge >= 0.3 is 0 Å². The Hall–Kier alpha value is -3.24. The summed E-state index contributed by atoms with van der Waals surface area (Å²) in [6.07, 6.45) is 0. The summed E-state index contributed by atoms with van der Waals surface area (Å²) in [5, 5.41) is 2.74. The molecular formula is C21H21ClN2O7S. The van der Waals surface area contributed by atoms with Crippen LogP contribution in [0.5, 0.6) is 17.2 Å². The fraction of sp³-hybridized carbons (Fsp3) is 0.238. The molecule has 0 atom stereocenters. The van der Waals surface area contributed by atoms with Gasteiger partial charge in [0.15, 0.2) is 0 Å². The molecule has 0 spiro atoms. The Morgan fingerprint density at radius 2 is 1.66 bits per heavy atom. The summed E-state index contributed by atoms with van der Waals surface area (Å²) in [6, 6.07) is 9.13. The van der Waals surface area contributed by atoms with Gasteiger partial charge < -0.3 is 19.5 Å². The van der Waals surface area contributed by atoms with E-state index in [0.29, 0.717) is 21.4 Å². The number of methoxy groups -OCH3 is 3. The molecule has 9 nitrogen and oxygen atoms in total. The van der Waals surface area contributed by atoms with Crippen LogP contribution in [0.4, 0.5) is 5.69 Å². The number of amides is 2. The molecule has 32 heavy (non-hydrogen) atoms. The first-order valence-corrected chi connectivity index (χ1v) is 11.1. The van der Waals surface area contributed by atoms with Crippen molar-refractivity contribution < 1.29 is 32.2 Å². The summed E-state index contributed by atoms with van der Waals surface area (Å²) in [4.78, 5) is 25.2. The van der Waals surface area contributed by atoms with Crippen LogP contribution in [0.3, 0.4) is 0 Å². The SMILES string of the molecule is COc1ccc(C2=C(C)C(=O)N(CC(=O)Nc3cc(Cl)c(OC)cc3OC)S2(=O)=O)cc1. The van der Waals surface area contributed by atoms with Crippen LogP contribution in [0.1, 0.15) is 12.5 Å². The molecular weight excluding hydrogens is 460 g/mol. The number of ether oxygens (including phenoxy) is 3. The molecule has 170 valence electrons. The number of sulfonamides is 1. The fourth-order valence-corrected chi connectivity index (χ4v) is 5.25. The molecule has 0 bridgehead atoms. The Balaban J connectivity index is 1.85. The van der Waals surface area contributed by atoms with Crippen molar-refractivity contribution in [3.63, 3.8) is 0 Å². The lowest BCUT2D eigenvalue weighted by Gasteiger charge is -2.18. The zero-order chi connectivity index (χ0) is 23.6. The van der Waals surface area contributed by atoms with Crippen molar-refractivity contribution in [2.75, 3.05) is 33.2 Å².